The van der Waals surface area contributed by atoms with Crippen molar-refractivity contribution in [2.24, 2.45) is 4.99 Å². The molecule has 4 rings (SSSR count). The highest BCUT2D eigenvalue weighted by Crippen LogP contribution is 2.19. The molecule has 3 aromatic heterocycles. The highest BCUT2D eigenvalue weighted by molar-refractivity contribution is 14.0. The number of nitrogens with zero attached hydrogens (tertiary/aromatic N) is 4. The van der Waals surface area contributed by atoms with E-state index in [1.54, 1.807) is 12.5 Å². The van der Waals surface area contributed by atoms with Crippen LogP contribution in [0.4, 0.5) is 0 Å². The molecule has 0 atom stereocenters. The predicted molar refractivity (Wildman–Crippen MR) is 133 cm³/mol. The number of benzene rings is 1. The molecule has 168 valence electrons. The first-order valence-corrected chi connectivity index (χ1v) is 10.2. The van der Waals surface area contributed by atoms with Crippen LogP contribution in [0.1, 0.15) is 24.0 Å². The van der Waals surface area contributed by atoms with Gasteiger partial charge in [0.1, 0.15) is 17.8 Å². The number of oxazole rings is 1. The molecule has 0 unspecified atom stereocenters. The molecule has 9 nitrogen and oxygen atoms in total. The summed E-state index contributed by atoms with van der Waals surface area (Å²) in [5.74, 6) is 3.27. The number of rotatable bonds is 8. The van der Waals surface area contributed by atoms with E-state index in [2.05, 4.69) is 42.7 Å². The van der Waals surface area contributed by atoms with Gasteiger partial charge in [0.2, 0.25) is 11.7 Å². The van der Waals surface area contributed by atoms with Crippen LogP contribution >= 0.6 is 24.0 Å². The smallest absolute Gasteiger partial charge is 0.226 e. The lowest BCUT2D eigenvalue weighted by Gasteiger charge is -2.09. The Balaban J connectivity index is 0.00000289. The lowest BCUT2D eigenvalue weighted by atomic mass is 10.1. The first-order valence-electron chi connectivity index (χ1n) is 10.2. The number of aromatic nitrogens is 4. The minimum atomic E-state index is 0. The van der Waals surface area contributed by atoms with E-state index in [1.807, 2.05) is 43.3 Å². The lowest BCUT2D eigenvalue weighted by molar-refractivity contribution is 0.572. The number of aromatic amines is 1. The van der Waals surface area contributed by atoms with Gasteiger partial charge in [-0.15, -0.1) is 24.0 Å². The van der Waals surface area contributed by atoms with E-state index in [4.69, 9.17) is 8.83 Å². The van der Waals surface area contributed by atoms with Gasteiger partial charge < -0.3 is 19.5 Å². The number of aliphatic imine (C=N–C) groups is 1. The van der Waals surface area contributed by atoms with Crippen LogP contribution in [0.5, 0.6) is 0 Å². The van der Waals surface area contributed by atoms with Gasteiger partial charge >= 0.3 is 0 Å². The second-order valence-corrected chi connectivity index (χ2v) is 6.96. The third kappa shape index (κ3) is 6.19. The van der Waals surface area contributed by atoms with Gasteiger partial charge in [-0.1, -0.05) is 17.7 Å². The Hall–Kier alpha value is -3.15. The summed E-state index contributed by atoms with van der Waals surface area (Å²) in [4.78, 5) is 13.6. The molecule has 0 aliphatic carbocycles. The van der Waals surface area contributed by atoms with E-state index in [9.17, 15) is 0 Å². The van der Waals surface area contributed by atoms with Gasteiger partial charge in [0.15, 0.2) is 11.7 Å². The minimum absolute atomic E-state index is 0. The molecule has 0 saturated carbocycles. The van der Waals surface area contributed by atoms with Gasteiger partial charge in [-0.2, -0.15) is 5.10 Å². The van der Waals surface area contributed by atoms with Crippen LogP contribution < -0.4 is 10.6 Å². The Bertz CT molecular complexity index is 1120. The van der Waals surface area contributed by atoms with Crippen molar-refractivity contribution in [3.05, 3.63) is 66.0 Å². The zero-order valence-electron chi connectivity index (χ0n) is 18.0. The van der Waals surface area contributed by atoms with E-state index in [0.29, 0.717) is 42.9 Å². The Morgan fingerprint density at radius 2 is 1.94 bits per heavy atom. The molecule has 0 saturated heterocycles. The summed E-state index contributed by atoms with van der Waals surface area (Å²) in [6.45, 7) is 5.88. The summed E-state index contributed by atoms with van der Waals surface area (Å²) in [6, 6.07) is 11.7. The topological polar surface area (TPSA) is 117 Å². The molecule has 0 fully saturated rings. The fraction of sp³-hybridized carbons (Fsp3) is 0.273. The molecule has 1 aromatic carbocycles. The molecular formula is C22H26IN7O2. The summed E-state index contributed by atoms with van der Waals surface area (Å²) in [6.07, 6.45) is 3.91. The van der Waals surface area contributed by atoms with Crippen molar-refractivity contribution in [1.82, 2.24) is 30.8 Å². The van der Waals surface area contributed by atoms with Crippen molar-refractivity contribution >= 4 is 29.9 Å². The third-order valence-electron chi connectivity index (χ3n) is 4.52. The number of furan rings is 1. The fourth-order valence-corrected chi connectivity index (χ4v) is 2.93. The summed E-state index contributed by atoms with van der Waals surface area (Å²) >= 11 is 0. The van der Waals surface area contributed by atoms with Gasteiger partial charge in [0, 0.05) is 25.1 Å². The fourth-order valence-electron chi connectivity index (χ4n) is 2.93. The molecule has 0 spiro atoms. The van der Waals surface area contributed by atoms with Crippen molar-refractivity contribution in [3.8, 4) is 23.0 Å². The molecule has 0 aliphatic heterocycles. The van der Waals surface area contributed by atoms with Crippen molar-refractivity contribution in [2.45, 2.75) is 26.8 Å². The van der Waals surface area contributed by atoms with Gasteiger partial charge in [-0.3, -0.25) is 5.10 Å². The Morgan fingerprint density at radius 1 is 1.09 bits per heavy atom. The first kappa shape index (κ1) is 23.5. The summed E-state index contributed by atoms with van der Waals surface area (Å²) in [5, 5.41) is 13.6. The van der Waals surface area contributed by atoms with Crippen LogP contribution in [-0.2, 0) is 13.0 Å². The molecular weight excluding hydrogens is 521 g/mol. The summed E-state index contributed by atoms with van der Waals surface area (Å²) in [5.41, 5.74) is 2.92. The number of guanidine groups is 1. The van der Waals surface area contributed by atoms with E-state index in [-0.39, 0.29) is 24.0 Å². The van der Waals surface area contributed by atoms with Crippen LogP contribution in [-0.4, -0.2) is 39.2 Å². The van der Waals surface area contributed by atoms with E-state index < -0.39 is 0 Å². The maximum atomic E-state index is 5.61. The Kier molecular flexibility index (Phi) is 8.42. The van der Waals surface area contributed by atoms with E-state index >= 15 is 0 Å². The van der Waals surface area contributed by atoms with Crippen molar-refractivity contribution in [3.63, 3.8) is 0 Å². The highest BCUT2D eigenvalue weighted by atomic mass is 127. The molecule has 32 heavy (non-hydrogen) atoms. The number of hydrogen-bond donors (Lipinski definition) is 3. The van der Waals surface area contributed by atoms with Crippen molar-refractivity contribution in [2.75, 3.05) is 13.1 Å². The van der Waals surface area contributed by atoms with Crippen molar-refractivity contribution < 1.29 is 8.83 Å². The Labute approximate surface area is 203 Å². The van der Waals surface area contributed by atoms with Crippen LogP contribution in [0.3, 0.4) is 0 Å². The average molecular weight is 547 g/mol. The van der Waals surface area contributed by atoms with Crippen LogP contribution in [0.15, 0.2) is 62.8 Å². The zero-order chi connectivity index (χ0) is 21.5. The minimum Gasteiger partial charge on any atom is -0.461 e. The van der Waals surface area contributed by atoms with Gasteiger partial charge in [0.05, 0.1) is 12.8 Å². The molecule has 3 heterocycles. The summed E-state index contributed by atoms with van der Waals surface area (Å²) < 4.78 is 10.9. The first-order chi connectivity index (χ1) is 15.2. The van der Waals surface area contributed by atoms with E-state index in [0.717, 1.165) is 23.6 Å². The number of H-pyrrole nitrogens is 1. The van der Waals surface area contributed by atoms with E-state index in [1.165, 1.54) is 5.56 Å². The number of nitrogens with one attached hydrogen (secondary N) is 3. The maximum absolute atomic E-state index is 5.61. The summed E-state index contributed by atoms with van der Waals surface area (Å²) in [7, 11) is 0. The van der Waals surface area contributed by atoms with Crippen LogP contribution in [0.2, 0.25) is 0 Å². The lowest BCUT2D eigenvalue weighted by Crippen LogP contribution is -2.38. The third-order valence-corrected chi connectivity index (χ3v) is 4.52. The van der Waals surface area contributed by atoms with Gasteiger partial charge in [-0.25, -0.2) is 15.0 Å². The van der Waals surface area contributed by atoms with Crippen molar-refractivity contribution in [1.29, 1.82) is 0 Å². The molecule has 0 bridgehead atoms. The van der Waals surface area contributed by atoms with Gasteiger partial charge in [-0.05, 0) is 38.1 Å². The average Bonchev–Trinajstić information content (AvgIpc) is 3.54. The SMILES string of the molecule is CCNC(=NCc1coc(-c2ccc(C)cc2)n1)NCCc1nc(-c2ccco2)n[nH]1.I. The molecule has 3 N–H and O–H groups in total. The normalized spacial score (nSPS) is 11.2. The highest BCUT2D eigenvalue weighted by Gasteiger charge is 2.09. The second kappa shape index (κ2) is 11.5. The van der Waals surface area contributed by atoms with Crippen LogP contribution in [0.25, 0.3) is 23.0 Å². The zero-order valence-corrected chi connectivity index (χ0v) is 20.3. The molecule has 0 aliphatic rings. The number of hydrogen-bond acceptors (Lipinski definition) is 6. The monoisotopic (exact) mass is 547 g/mol. The van der Waals surface area contributed by atoms with Gasteiger partial charge in [0.25, 0.3) is 0 Å². The molecule has 10 heteroatoms. The standard InChI is InChI=1S/C22H25N7O2.HI/c1-3-23-22(24-11-10-19-27-20(29-28-19)18-5-4-12-30-18)25-13-17-14-31-21(26-17)16-8-6-15(2)7-9-16;/h4-9,12,14H,3,10-11,13H2,1-2H3,(H2,23,24,25)(H,27,28,29);1H. The largest absolute Gasteiger partial charge is 0.461 e. The number of aryl methyl sites for hydroxylation is 1. The molecule has 0 radical (unpaired) electrons. The predicted octanol–water partition coefficient (Wildman–Crippen LogP) is 3.94. The quantitative estimate of drug-likeness (QED) is 0.174. The van der Waals surface area contributed by atoms with Crippen LogP contribution in [0, 0.1) is 6.92 Å². The molecule has 0 amide bonds. The Morgan fingerprint density at radius 3 is 2.69 bits per heavy atom. The number of halogens is 1. The maximum Gasteiger partial charge on any atom is 0.226 e. The second-order valence-electron chi connectivity index (χ2n) is 6.96. The molecule has 4 aromatic rings.